The number of rotatable bonds is 7. The van der Waals surface area contributed by atoms with Gasteiger partial charge < -0.3 is 10.1 Å². The summed E-state index contributed by atoms with van der Waals surface area (Å²) in [7, 11) is -3.66. The molecule has 2 aliphatic rings. The third-order valence-electron chi connectivity index (χ3n) is 6.91. The molecule has 1 atom stereocenters. The van der Waals surface area contributed by atoms with E-state index in [2.05, 4.69) is 14.9 Å². The van der Waals surface area contributed by atoms with Crippen LogP contribution in [0.2, 0.25) is 0 Å². The van der Waals surface area contributed by atoms with Crippen LogP contribution in [0.1, 0.15) is 41.3 Å². The van der Waals surface area contributed by atoms with Crippen LogP contribution in [0.5, 0.6) is 0 Å². The number of carbonyl (C=O) groups is 1. The normalized spacial score (nSPS) is 19.1. The van der Waals surface area contributed by atoms with Crippen molar-refractivity contribution in [2.24, 2.45) is 5.92 Å². The molecule has 7 nitrogen and oxygen atoms in total. The zero-order chi connectivity index (χ0) is 23.6. The molecule has 0 bridgehead atoms. The molecular weight excluding hydrogens is 438 g/mol. The van der Waals surface area contributed by atoms with E-state index in [1.807, 2.05) is 32.0 Å². The summed E-state index contributed by atoms with van der Waals surface area (Å²) in [4.78, 5) is 15.3. The molecule has 2 fully saturated rings. The lowest BCUT2D eigenvalue weighted by molar-refractivity contribution is -0.0745. The summed E-state index contributed by atoms with van der Waals surface area (Å²) in [6.07, 6.45) is 1.95. The Labute approximate surface area is 196 Å². The van der Waals surface area contributed by atoms with Gasteiger partial charge in [-0.2, -0.15) is 0 Å². The van der Waals surface area contributed by atoms with E-state index in [4.69, 9.17) is 4.74 Å². The topological polar surface area (TPSA) is 87.7 Å². The number of benzene rings is 2. The first-order valence-electron chi connectivity index (χ1n) is 11.6. The first kappa shape index (κ1) is 23.9. The highest BCUT2D eigenvalue weighted by Gasteiger charge is 2.32. The van der Waals surface area contributed by atoms with Gasteiger partial charge in [0.05, 0.1) is 24.2 Å². The molecule has 0 unspecified atom stereocenters. The number of piperidine rings is 1. The lowest BCUT2D eigenvalue weighted by atomic mass is 9.90. The molecule has 2 saturated heterocycles. The second-order valence-electron chi connectivity index (χ2n) is 9.22. The third-order valence-corrected chi connectivity index (χ3v) is 8.46. The van der Waals surface area contributed by atoms with Gasteiger partial charge in [-0.1, -0.05) is 18.2 Å². The van der Waals surface area contributed by atoms with Crippen molar-refractivity contribution in [3.05, 3.63) is 59.2 Å². The SMILES string of the molecule is Cc1cc(S(=O)(=O)N[C@H](C)C2CCN(C3COC3)CC2)ccc1NC(=O)c1ccccc1C. The molecule has 8 heteroatoms. The van der Waals surface area contributed by atoms with Crippen LogP contribution >= 0.6 is 0 Å². The number of aryl methyl sites for hydroxylation is 2. The predicted molar refractivity (Wildman–Crippen MR) is 129 cm³/mol. The van der Waals surface area contributed by atoms with Crippen molar-refractivity contribution in [2.75, 3.05) is 31.6 Å². The summed E-state index contributed by atoms with van der Waals surface area (Å²) in [5.74, 6) is 0.101. The standard InChI is InChI=1S/C25H33N3O4S/c1-17-6-4-5-7-23(17)25(29)26-24-9-8-22(14-18(24)2)33(30,31)27-19(3)20-10-12-28(13-11-20)21-15-32-16-21/h4-9,14,19-21,27H,10-13,15-16H2,1-3H3,(H,26,29)/t19-/m1/s1. The molecule has 0 spiro atoms. The van der Waals surface area contributed by atoms with E-state index in [1.54, 1.807) is 31.2 Å². The fraction of sp³-hybridized carbons (Fsp3) is 0.480. The molecule has 2 aromatic carbocycles. The summed E-state index contributed by atoms with van der Waals surface area (Å²) in [5, 5.41) is 2.89. The van der Waals surface area contributed by atoms with Crippen molar-refractivity contribution < 1.29 is 17.9 Å². The molecule has 0 saturated carbocycles. The van der Waals surface area contributed by atoms with Crippen LogP contribution in [0.15, 0.2) is 47.4 Å². The molecule has 1 amide bonds. The number of hydrogen-bond acceptors (Lipinski definition) is 5. The predicted octanol–water partition coefficient (Wildman–Crippen LogP) is 3.33. The minimum Gasteiger partial charge on any atom is -0.378 e. The summed E-state index contributed by atoms with van der Waals surface area (Å²) in [6, 6.07) is 12.6. The molecule has 178 valence electrons. The van der Waals surface area contributed by atoms with Gasteiger partial charge in [-0.25, -0.2) is 13.1 Å². The molecule has 0 aromatic heterocycles. The molecular formula is C25H33N3O4S. The fourth-order valence-corrected chi connectivity index (χ4v) is 5.99. The quantitative estimate of drug-likeness (QED) is 0.647. The molecule has 0 radical (unpaired) electrons. The van der Waals surface area contributed by atoms with Crippen molar-refractivity contribution in [2.45, 2.75) is 50.6 Å². The van der Waals surface area contributed by atoms with Crippen molar-refractivity contribution in [3.8, 4) is 0 Å². The first-order chi connectivity index (χ1) is 15.7. The molecule has 2 heterocycles. The fourth-order valence-electron chi connectivity index (χ4n) is 4.59. The zero-order valence-electron chi connectivity index (χ0n) is 19.5. The van der Waals surface area contributed by atoms with E-state index in [-0.39, 0.29) is 16.8 Å². The van der Waals surface area contributed by atoms with E-state index < -0.39 is 10.0 Å². The Hall–Kier alpha value is -2.26. The Morgan fingerprint density at radius 3 is 2.36 bits per heavy atom. The molecule has 2 aromatic rings. The van der Waals surface area contributed by atoms with Gasteiger partial charge in [-0.3, -0.25) is 9.69 Å². The van der Waals surface area contributed by atoms with E-state index in [0.29, 0.717) is 28.8 Å². The number of hydrogen-bond donors (Lipinski definition) is 2. The average molecular weight is 472 g/mol. The van der Waals surface area contributed by atoms with Crippen molar-refractivity contribution >= 4 is 21.6 Å². The van der Waals surface area contributed by atoms with Gasteiger partial charge in [0.15, 0.2) is 0 Å². The van der Waals surface area contributed by atoms with Crippen molar-refractivity contribution in [1.29, 1.82) is 0 Å². The number of sulfonamides is 1. The Kier molecular flexibility index (Phi) is 7.19. The molecule has 2 N–H and O–H groups in total. The largest absolute Gasteiger partial charge is 0.378 e. The number of ether oxygens (including phenoxy) is 1. The monoisotopic (exact) mass is 471 g/mol. The maximum Gasteiger partial charge on any atom is 0.255 e. The molecule has 33 heavy (non-hydrogen) atoms. The van der Waals surface area contributed by atoms with Crippen LogP contribution in [0.3, 0.4) is 0 Å². The molecule has 4 rings (SSSR count). The lowest BCUT2D eigenvalue weighted by Gasteiger charge is -2.42. The van der Waals surface area contributed by atoms with E-state index >= 15 is 0 Å². The van der Waals surface area contributed by atoms with Gasteiger partial charge in [0, 0.05) is 17.3 Å². The third kappa shape index (κ3) is 5.46. The number of nitrogens with one attached hydrogen (secondary N) is 2. The van der Waals surface area contributed by atoms with Gasteiger partial charge in [0.25, 0.3) is 5.91 Å². The zero-order valence-corrected chi connectivity index (χ0v) is 20.3. The van der Waals surface area contributed by atoms with Crippen LogP contribution < -0.4 is 10.0 Å². The number of anilines is 1. The average Bonchev–Trinajstić information content (AvgIpc) is 2.74. The lowest BCUT2D eigenvalue weighted by Crippen LogP contribution is -2.53. The highest BCUT2D eigenvalue weighted by Crippen LogP contribution is 2.26. The maximum atomic E-state index is 13.0. The first-order valence-corrected chi connectivity index (χ1v) is 13.0. The van der Waals surface area contributed by atoms with Crippen molar-refractivity contribution in [3.63, 3.8) is 0 Å². The van der Waals surface area contributed by atoms with Crippen LogP contribution in [0.25, 0.3) is 0 Å². The number of carbonyl (C=O) groups excluding carboxylic acids is 1. The smallest absolute Gasteiger partial charge is 0.255 e. The van der Waals surface area contributed by atoms with Crippen molar-refractivity contribution in [1.82, 2.24) is 9.62 Å². The van der Waals surface area contributed by atoms with E-state index in [9.17, 15) is 13.2 Å². The van der Waals surface area contributed by atoms with Gasteiger partial charge >= 0.3 is 0 Å². The number of likely N-dealkylation sites (tertiary alicyclic amines) is 1. The molecule has 0 aliphatic carbocycles. The molecule has 2 aliphatic heterocycles. The second-order valence-corrected chi connectivity index (χ2v) is 10.9. The minimum absolute atomic E-state index is 0.143. The highest BCUT2D eigenvalue weighted by molar-refractivity contribution is 7.89. The Morgan fingerprint density at radius 2 is 1.76 bits per heavy atom. The Morgan fingerprint density at radius 1 is 1.06 bits per heavy atom. The summed E-state index contributed by atoms with van der Waals surface area (Å²) in [5.41, 5.74) is 2.78. The maximum absolute atomic E-state index is 13.0. The Balaban J connectivity index is 1.38. The second kappa shape index (κ2) is 9.93. The van der Waals surface area contributed by atoms with E-state index in [1.165, 1.54) is 0 Å². The number of amides is 1. The van der Waals surface area contributed by atoms with Gasteiger partial charge in [0.1, 0.15) is 0 Å². The van der Waals surface area contributed by atoms with Gasteiger partial charge in [0.2, 0.25) is 10.0 Å². The van der Waals surface area contributed by atoms with Gasteiger partial charge in [-0.05, 0) is 88.0 Å². The van der Waals surface area contributed by atoms with Crippen LogP contribution in [0, 0.1) is 19.8 Å². The summed E-state index contributed by atoms with van der Waals surface area (Å²) >= 11 is 0. The van der Waals surface area contributed by atoms with Crippen LogP contribution in [-0.2, 0) is 14.8 Å². The number of nitrogens with zero attached hydrogens (tertiary/aromatic N) is 1. The van der Waals surface area contributed by atoms with Gasteiger partial charge in [-0.15, -0.1) is 0 Å². The highest BCUT2D eigenvalue weighted by atomic mass is 32.2. The Bertz CT molecular complexity index is 1110. The minimum atomic E-state index is -3.66. The van der Waals surface area contributed by atoms with Crippen LogP contribution in [0.4, 0.5) is 5.69 Å². The summed E-state index contributed by atoms with van der Waals surface area (Å²) in [6.45, 7) is 9.24. The van der Waals surface area contributed by atoms with E-state index in [0.717, 1.165) is 44.7 Å². The summed E-state index contributed by atoms with van der Waals surface area (Å²) < 4.78 is 34.2. The van der Waals surface area contributed by atoms with Crippen LogP contribution in [-0.4, -0.2) is 57.6 Å².